The van der Waals surface area contributed by atoms with Crippen LogP contribution in [0.25, 0.3) is 16.7 Å². The molecule has 6 nitrogen and oxygen atoms in total. The maximum Gasteiger partial charge on any atom is 0.340 e. The van der Waals surface area contributed by atoms with Crippen molar-refractivity contribution in [1.29, 1.82) is 0 Å². The molecule has 164 valence electrons. The lowest BCUT2D eigenvalue weighted by atomic mass is 9.82. The molecule has 2 aliphatic heterocycles. The Balaban J connectivity index is 1.52. The lowest BCUT2D eigenvalue weighted by Gasteiger charge is -2.33. The van der Waals surface area contributed by atoms with Crippen molar-refractivity contribution >= 4 is 34.3 Å². The quantitative estimate of drug-likeness (QED) is 0.358. The van der Waals surface area contributed by atoms with Crippen molar-refractivity contribution in [3.63, 3.8) is 0 Å². The normalized spacial score (nSPS) is 16.7. The fraction of sp³-hybridized carbons (Fsp3) is 0.192. The van der Waals surface area contributed by atoms with Gasteiger partial charge in [-0.3, -0.25) is 4.79 Å². The summed E-state index contributed by atoms with van der Waals surface area (Å²) in [5, 5.41) is 4.62. The molecule has 7 heteroatoms. The van der Waals surface area contributed by atoms with Crippen molar-refractivity contribution in [2.24, 2.45) is 0 Å². The number of hydrogen-bond donors (Lipinski definition) is 1. The number of aromatic nitrogens is 2. The minimum Gasteiger partial charge on any atom is -0.450 e. The number of ether oxygens (including phenoxy) is 1. The van der Waals surface area contributed by atoms with Gasteiger partial charge in [0, 0.05) is 52.3 Å². The van der Waals surface area contributed by atoms with Gasteiger partial charge >= 0.3 is 5.97 Å². The average molecular weight is 458 g/mol. The summed E-state index contributed by atoms with van der Waals surface area (Å²) in [6, 6.07) is 16.5. The Kier molecular flexibility index (Phi) is 4.60. The fourth-order valence-electron chi connectivity index (χ4n) is 5.04. The van der Waals surface area contributed by atoms with Crippen LogP contribution in [0.3, 0.4) is 0 Å². The van der Waals surface area contributed by atoms with Gasteiger partial charge in [-0.2, -0.15) is 0 Å². The number of carbonyl (C=O) groups is 2. The third-order valence-electron chi connectivity index (χ3n) is 6.61. The number of pyridine rings is 1. The Morgan fingerprint density at radius 1 is 1.06 bits per heavy atom. The summed E-state index contributed by atoms with van der Waals surface area (Å²) < 4.78 is 7.75. The van der Waals surface area contributed by atoms with Crippen LogP contribution >= 0.6 is 11.6 Å². The zero-order chi connectivity index (χ0) is 22.6. The first-order valence-corrected chi connectivity index (χ1v) is 11.3. The number of ketones is 1. The van der Waals surface area contributed by atoms with Crippen molar-refractivity contribution < 1.29 is 14.3 Å². The van der Waals surface area contributed by atoms with Gasteiger partial charge in [-0.1, -0.05) is 41.9 Å². The van der Waals surface area contributed by atoms with Crippen LogP contribution in [0, 0.1) is 0 Å². The van der Waals surface area contributed by atoms with Crippen LogP contribution in [-0.2, 0) is 10.3 Å². The van der Waals surface area contributed by atoms with E-state index in [2.05, 4.69) is 10.3 Å². The first-order chi connectivity index (χ1) is 16.1. The zero-order valence-electron chi connectivity index (χ0n) is 17.7. The zero-order valence-corrected chi connectivity index (χ0v) is 18.4. The van der Waals surface area contributed by atoms with E-state index in [1.807, 2.05) is 47.0 Å². The molecule has 0 aliphatic carbocycles. The number of benzene rings is 2. The molecule has 0 radical (unpaired) electrons. The van der Waals surface area contributed by atoms with Crippen molar-refractivity contribution in [2.45, 2.75) is 18.4 Å². The van der Waals surface area contributed by atoms with E-state index in [0.717, 1.165) is 29.6 Å². The minimum atomic E-state index is -0.649. The van der Waals surface area contributed by atoms with Crippen molar-refractivity contribution in [1.82, 2.24) is 14.9 Å². The number of nitrogens with one attached hydrogen (secondary N) is 1. The fourth-order valence-corrected chi connectivity index (χ4v) is 5.20. The predicted molar refractivity (Wildman–Crippen MR) is 125 cm³/mol. The summed E-state index contributed by atoms with van der Waals surface area (Å²) in [7, 11) is 0. The number of piperidine rings is 1. The highest BCUT2D eigenvalue weighted by Crippen LogP contribution is 2.44. The highest BCUT2D eigenvalue weighted by atomic mass is 35.5. The maximum absolute atomic E-state index is 13.9. The molecule has 33 heavy (non-hydrogen) atoms. The molecule has 0 atom stereocenters. The van der Waals surface area contributed by atoms with Gasteiger partial charge in [0.1, 0.15) is 11.4 Å². The van der Waals surface area contributed by atoms with Crippen LogP contribution in [0.1, 0.15) is 44.7 Å². The molecule has 1 spiro atoms. The van der Waals surface area contributed by atoms with E-state index >= 15 is 0 Å². The first-order valence-electron chi connectivity index (χ1n) is 10.9. The number of fused-ring (bicyclic) bond motifs is 3. The third kappa shape index (κ3) is 3.09. The van der Waals surface area contributed by atoms with E-state index in [1.54, 1.807) is 24.5 Å². The molecule has 2 aromatic heterocycles. The summed E-state index contributed by atoms with van der Waals surface area (Å²) in [5.74, 6) is 0.0272. The predicted octanol–water partition coefficient (Wildman–Crippen LogP) is 4.66. The highest BCUT2D eigenvalue weighted by molar-refractivity contribution is 6.31. The largest absolute Gasteiger partial charge is 0.450 e. The van der Waals surface area contributed by atoms with Crippen molar-refractivity contribution in [3.8, 4) is 5.82 Å². The lowest BCUT2D eigenvalue weighted by Crippen LogP contribution is -2.39. The van der Waals surface area contributed by atoms with Gasteiger partial charge in [0.05, 0.1) is 11.1 Å². The van der Waals surface area contributed by atoms with Gasteiger partial charge in [0.2, 0.25) is 0 Å². The summed E-state index contributed by atoms with van der Waals surface area (Å²) in [6.07, 6.45) is 4.86. The summed E-state index contributed by atoms with van der Waals surface area (Å²) in [4.78, 5) is 31.3. The van der Waals surface area contributed by atoms with Crippen LogP contribution < -0.4 is 5.32 Å². The molecule has 0 amide bonds. The Morgan fingerprint density at radius 3 is 2.70 bits per heavy atom. The standard InChI is InChI=1S/C26H20ClN3O3/c27-16-7-8-17-19(15-30(21(17)14-16)22-6-1-2-11-29-22)24(31)18-4-3-5-20-23(18)25(32)33-26(20)9-12-28-13-10-26/h1-8,11,14-15,28H,9-10,12-13H2. The Labute approximate surface area is 195 Å². The molecule has 2 aromatic carbocycles. The summed E-state index contributed by atoms with van der Waals surface area (Å²) >= 11 is 6.28. The molecular weight excluding hydrogens is 438 g/mol. The monoisotopic (exact) mass is 457 g/mol. The number of halogens is 1. The number of hydrogen-bond acceptors (Lipinski definition) is 5. The summed E-state index contributed by atoms with van der Waals surface area (Å²) in [5.41, 5.74) is 2.18. The maximum atomic E-state index is 13.9. The van der Waals surface area contributed by atoms with Crippen LogP contribution in [-0.4, -0.2) is 34.4 Å². The van der Waals surface area contributed by atoms with E-state index in [-0.39, 0.29) is 5.78 Å². The molecular formula is C26H20ClN3O3. The second-order valence-electron chi connectivity index (χ2n) is 8.45. The van der Waals surface area contributed by atoms with E-state index in [4.69, 9.17) is 16.3 Å². The number of nitrogens with zero attached hydrogens (tertiary/aromatic N) is 2. The van der Waals surface area contributed by atoms with Gasteiger partial charge in [-0.15, -0.1) is 0 Å². The lowest BCUT2D eigenvalue weighted by molar-refractivity contribution is -0.0242. The summed E-state index contributed by atoms with van der Waals surface area (Å²) in [6.45, 7) is 1.53. The first kappa shape index (κ1) is 20.1. The molecule has 1 N–H and O–H groups in total. The van der Waals surface area contributed by atoms with Gasteiger partial charge in [0.15, 0.2) is 5.78 Å². The van der Waals surface area contributed by atoms with Gasteiger partial charge in [-0.05, 0) is 37.4 Å². The minimum absolute atomic E-state index is 0.225. The molecule has 4 heterocycles. The Hall–Kier alpha value is -3.48. The highest BCUT2D eigenvalue weighted by Gasteiger charge is 2.47. The van der Waals surface area contributed by atoms with E-state index in [9.17, 15) is 9.59 Å². The van der Waals surface area contributed by atoms with E-state index < -0.39 is 11.6 Å². The Morgan fingerprint density at radius 2 is 1.91 bits per heavy atom. The van der Waals surface area contributed by atoms with Crippen LogP contribution in [0.5, 0.6) is 0 Å². The molecule has 2 aliphatic rings. The van der Waals surface area contributed by atoms with Crippen LogP contribution in [0.2, 0.25) is 5.02 Å². The van der Waals surface area contributed by atoms with E-state index in [1.165, 1.54) is 0 Å². The average Bonchev–Trinajstić information content (AvgIpc) is 3.35. The second-order valence-corrected chi connectivity index (χ2v) is 8.89. The third-order valence-corrected chi connectivity index (χ3v) is 6.85. The SMILES string of the molecule is O=C1OC2(CCNCC2)c2cccc(C(=O)c3cn(-c4ccccn4)c4cc(Cl)ccc34)c21. The molecule has 0 unspecified atom stereocenters. The van der Waals surface area contributed by atoms with Gasteiger partial charge in [0.25, 0.3) is 0 Å². The van der Waals surface area contributed by atoms with Crippen LogP contribution in [0.15, 0.2) is 67.0 Å². The number of esters is 1. The van der Waals surface area contributed by atoms with Gasteiger partial charge in [-0.25, -0.2) is 9.78 Å². The molecule has 0 saturated carbocycles. The Bertz CT molecular complexity index is 1420. The van der Waals surface area contributed by atoms with Crippen molar-refractivity contribution in [3.05, 3.63) is 94.3 Å². The molecule has 0 bridgehead atoms. The molecule has 6 rings (SSSR count). The van der Waals surface area contributed by atoms with Crippen LogP contribution in [0.4, 0.5) is 0 Å². The number of carbonyl (C=O) groups excluding carboxylic acids is 2. The van der Waals surface area contributed by atoms with E-state index in [0.29, 0.717) is 40.4 Å². The van der Waals surface area contributed by atoms with Gasteiger partial charge < -0.3 is 14.6 Å². The molecule has 4 aromatic rings. The number of rotatable bonds is 3. The topological polar surface area (TPSA) is 73.2 Å². The smallest absolute Gasteiger partial charge is 0.340 e. The second kappa shape index (κ2) is 7.54. The van der Waals surface area contributed by atoms with Crippen molar-refractivity contribution in [2.75, 3.05) is 13.1 Å². The molecule has 1 fully saturated rings. The molecule has 1 saturated heterocycles.